The zero-order chi connectivity index (χ0) is 13.4. The zero-order valence-electron chi connectivity index (χ0n) is 10.5. The average Bonchev–Trinajstić information content (AvgIpc) is 2.36. The van der Waals surface area contributed by atoms with Crippen molar-refractivity contribution in [3.63, 3.8) is 0 Å². The maximum atomic E-state index is 9.76. The number of rotatable bonds is 8. The number of halogens is 1. The molecule has 1 rings (SSSR count). The Morgan fingerprint density at radius 1 is 1.44 bits per heavy atom. The van der Waals surface area contributed by atoms with Gasteiger partial charge >= 0.3 is 0 Å². The van der Waals surface area contributed by atoms with E-state index in [4.69, 9.17) is 9.47 Å². The number of methoxy groups -OCH3 is 1. The number of ether oxygens (including phenoxy) is 2. The summed E-state index contributed by atoms with van der Waals surface area (Å²) < 4.78 is 11.3. The molecule has 102 valence electrons. The topological polar surface area (TPSA) is 51.6 Å². The van der Waals surface area contributed by atoms with Crippen LogP contribution in [0, 0.1) is 0 Å². The second-order valence-electron chi connectivity index (χ2n) is 3.88. The van der Waals surface area contributed by atoms with Crippen molar-refractivity contribution in [2.24, 2.45) is 0 Å². The molecule has 0 bridgehead atoms. The third-order valence-electron chi connectivity index (χ3n) is 2.10. The fourth-order valence-electron chi connectivity index (χ4n) is 1.24. The Balaban J connectivity index is 2.20. The van der Waals surface area contributed by atoms with Crippen molar-refractivity contribution in [3.05, 3.63) is 22.8 Å². The largest absolute Gasteiger partial charge is 0.390 e. The Morgan fingerprint density at radius 2 is 2.22 bits per heavy atom. The van der Waals surface area contributed by atoms with Crippen molar-refractivity contribution >= 4 is 27.7 Å². The van der Waals surface area contributed by atoms with Crippen molar-refractivity contribution in [1.29, 1.82) is 0 Å². The van der Waals surface area contributed by atoms with E-state index in [0.29, 0.717) is 19.0 Å². The fourth-order valence-corrected chi connectivity index (χ4v) is 2.22. The van der Waals surface area contributed by atoms with Gasteiger partial charge in [0, 0.05) is 23.5 Å². The second-order valence-corrected chi connectivity index (χ2v) is 5.83. The fraction of sp³-hybridized carbons (Fsp3) is 0.583. The van der Waals surface area contributed by atoms with Gasteiger partial charge in [-0.05, 0) is 35.0 Å². The average molecular weight is 336 g/mol. The molecule has 6 heteroatoms. The van der Waals surface area contributed by atoms with Crippen molar-refractivity contribution in [2.45, 2.75) is 24.2 Å². The Bertz CT molecular complexity index is 337. The van der Waals surface area contributed by atoms with Gasteiger partial charge in [-0.1, -0.05) is 0 Å². The summed E-state index contributed by atoms with van der Waals surface area (Å²) in [6, 6.07) is 3.84. The molecule has 0 aliphatic heterocycles. The summed E-state index contributed by atoms with van der Waals surface area (Å²) in [6.45, 7) is 2.77. The SMILES string of the molecule is COCC(C)OCC(O)CSc1ccc(Br)cn1. The van der Waals surface area contributed by atoms with Crippen LogP contribution in [0.1, 0.15) is 6.92 Å². The molecule has 1 N–H and O–H groups in total. The van der Waals surface area contributed by atoms with Gasteiger partial charge in [0.1, 0.15) is 0 Å². The van der Waals surface area contributed by atoms with Gasteiger partial charge in [0.25, 0.3) is 0 Å². The number of aromatic nitrogens is 1. The Kier molecular flexibility index (Phi) is 7.85. The maximum Gasteiger partial charge on any atom is 0.0961 e. The molecule has 1 aromatic rings. The number of hydrogen-bond donors (Lipinski definition) is 1. The summed E-state index contributed by atoms with van der Waals surface area (Å²) in [7, 11) is 1.63. The first-order chi connectivity index (χ1) is 8.61. The van der Waals surface area contributed by atoms with E-state index in [1.807, 2.05) is 19.1 Å². The quantitative estimate of drug-likeness (QED) is 0.739. The van der Waals surface area contributed by atoms with Crippen molar-refractivity contribution in [2.75, 3.05) is 26.1 Å². The van der Waals surface area contributed by atoms with Crippen molar-refractivity contribution in [3.8, 4) is 0 Å². The smallest absolute Gasteiger partial charge is 0.0961 e. The van der Waals surface area contributed by atoms with Crippen LogP contribution in [-0.4, -0.2) is 48.4 Å². The van der Waals surface area contributed by atoms with Gasteiger partial charge in [0.15, 0.2) is 0 Å². The van der Waals surface area contributed by atoms with Gasteiger partial charge in [-0.3, -0.25) is 0 Å². The number of pyridine rings is 1. The summed E-state index contributed by atoms with van der Waals surface area (Å²) in [5.41, 5.74) is 0. The molecule has 1 aromatic heterocycles. The summed E-state index contributed by atoms with van der Waals surface area (Å²) in [6.07, 6.45) is 1.24. The highest BCUT2D eigenvalue weighted by Crippen LogP contribution is 2.18. The van der Waals surface area contributed by atoms with Crippen LogP contribution < -0.4 is 0 Å². The van der Waals surface area contributed by atoms with Crippen LogP contribution in [-0.2, 0) is 9.47 Å². The monoisotopic (exact) mass is 335 g/mol. The van der Waals surface area contributed by atoms with E-state index in [1.54, 1.807) is 13.3 Å². The molecule has 4 nitrogen and oxygen atoms in total. The van der Waals surface area contributed by atoms with Gasteiger partial charge < -0.3 is 14.6 Å². The summed E-state index contributed by atoms with van der Waals surface area (Å²) in [5, 5.41) is 10.6. The van der Waals surface area contributed by atoms with Crippen molar-refractivity contribution < 1.29 is 14.6 Å². The highest BCUT2D eigenvalue weighted by atomic mass is 79.9. The minimum Gasteiger partial charge on any atom is -0.390 e. The maximum absolute atomic E-state index is 9.76. The molecule has 2 unspecified atom stereocenters. The first kappa shape index (κ1) is 15.9. The van der Waals surface area contributed by atoms with E-state index in [2.05, 4.69) is 20.9 Å². The number of hydrogen-bond acceptors (Lipinski definition) is 5. The lowest BCUT2D eigenvalue weighted by Crippen LogP contribution is -2.24. The molecular formula is C12H18BrNO3S. The molecule has 0 saturated carbocycles. The van der Waals surface area contributed by atoms with Crippen LogP contribution in [0.25, 0.3) is 0 Å². The third-order valence-corrected chi connectivity index (χ3v) is 3.66. The lowest BCUT2D eigenvalue weighted by atomic mass is 10.4. The molecule has 0 aliphatic rings. The number of thioether (sulfide) groups is 1. The normalized spacial score (nSPS) is 14.4. The van der Waals surface area contributed by atoms with E-state index in [1.165, 1.54) is 11.8 Å². The number of nitrogens with zero attached hydrogens (tertiary/aromatic N) is 1. The van der Waals surface area contributed by atoms with Crippen LogP contribution in [0.3, 0.4) is 0 Å². The minimum absolute atomic E-state index is 0.000422. The van der Waals surface area contributed by atoms with Gasteiger partial charge in [-0.25, -0.2) is 4.98 Å². The van der Waals surface area contributed by atoms with Crippen LogP contribution in [0.4, 0.5) is 0 Å². The Hall–Kier alpha value is -0.140. The molecule has 18 heavy (non-hydrogen) atoms. The van der Waals surface area contributed by atoms with Crippen LogP contribution in [0.2, 0.25) is 0 Å². The van der Waals surface area contributed by atoms with E-state index in [0.717, 1.165) is 9.50 Å². The highest BCUT2D eigenvalue weighted by Gasteiger charge is 2.09. The van der Waals surface area contributed by atoms with E-state index in [-0.39, 0.29) is 6.10 Å². The molecule has 0 spiro atoms. The van der Waals surface area contributed by atoms with E-state index < -0.39 is 6.10 Å². The number of aliphatic hydroxyl groups excluding tert-OH is 1. The molecule has 0 aromatic carbocycles. The van der Waals surface area contributed by atoms with E-state index in [9.17, 15) is 5.11 Å². The third kappa shape index (κ3) is 6.70. The molecule has 1 heterocycles. The molecular weight excluding hydrogens is 318 g/mol. The van der Waals surface area contributed by atoms with Gasteiger partial charge in [0.2, 0.25) is 0 Å². The summed E-state index contributed by atoms with van der Waals surface area (Å²) in [4.78, 5) is 4.22. The van der Waals surface area contributed by atoms with Gasteiger partial charge in [-0.2, -0.15) is 0 Å². The second kappa shape index (κ2) is 8.87. The predicted octanol–water partition coefficient (Wildman–Crippen LogP) is 2.35. The molecule has 0 aliphatic carbocycles. The molecule has 0 saturated heterocycles. The molecule has 0 amide bonds. The first-order valence-electron chi connectivity index (χ1n) is 5.64. The molecule has 0 fully saturated rings. The Morgan fingerprint density at radius 3 is 2.83 bits per heavy atom. The summed E-state index contributed by atoms with van der Waals surface area (Å²) in [5.74, 6) is 0.564. The van der Waals surface area contributed by atoms with Crippen LogP contribution in [0.5, 0.6) is 0 Å². The standard InChI is InChI=1S/C12H18BrNO3S/c1-9(6-16-2)17-7-11(15)8-18-12-4-3-10(13)5-14-12/h3-5,9,11,15H,6-8H2,1-2H3. The van der Waals surface area contributed by atoms with E-state index >= 15 is 0 Å². The van der Waals surface area contributed by atoms with Gasteiger partial charge in [0.05, 0.1) is 30.4 Å². The predicted molar refractivity (Wildman–Crippen MR) is 76.0 cm³/mol. The van der Waals surface area contributed by atoms with Crippen molar-refractivity contribution in [1.82, 2.24) is 4.98 Å². The van der Waals surface area contributed by atoms with Crippen LogP contribution >= 0.6 is 27.7 Å². The first-order valence-corrected chi connectivity index (χ1v) is 7.42. The lowest BCUT2D eigenvalue weighted by molar-refractivity contribution is -0.0257. The lowest BCUT2D eigenvalue weighted by Gasteiger charge is -2.15. The minimum atomic E-state index is -0.500. The van der Waals surface area contributed by atoms with Crippen LogP contribution in [0.15, 0.2) is 27.8 Å². The highest BCUT2D eigenvalue weighted by molar-refractivity contribution is 9.10. The molecule has 0 radical (unpaired) electrons. The molecule has 2 atom stereocenters. The Labute approximate surface area is 120 Å². The zero-order valence-corrected chi connectivity index (χ0v) is 12.9. The summed E-state index contributed by atoms with van der Waals surface area (Å²) >= 11 is 4.84. The number of aliphatic hydroxyl groups is 1. The van der Waals surface area contributed by atoms with Gasteiger partial charge in [-0.15, -0.1) is 11.8 Å².